The van der Waals surface area contributed by atoms with Crippen molar-refractivity contribution in [3.8, 4) is 0 Å². The van der Waals surface area contributed by atoms with E-state index in [0.717, 1.165) is 18.4 Å². The van der Waals surface area contributed by atoms with Crippen LogP contribution in [0.2, 0.25) is 0 Å². The van der Waals surface area contributed by atoms with E-state index in [0.29, 0.717) is 12.1 Å². The maximum Gasteiger partial charge on any atom is 0.261 e. The molecule has 0 saturated carbocycles. The van der Waals surface area contributed by atoms with Crippen LogP contribution in [0.1, 0.15) is 32.3 Å². The second-order valence-electron chi connectivity index (χ2n) is 4.94. The van der Waals surface area contributed by atoms with E-state index in [2.05, 4.69) is 0 Å². The summed E-state index contributed by atoms with van der Waals surface area (Å²) in [4.78, 5) is 13.8. The number of hydrogen-bond acceptors (Lipinski definition) is 3. The molecular weight excluding hydrogens is 286 g/mol. The molecule has 19 heavy (non-hydrogen) atoms. The fourth-order valence-electron chi connectivity index (χ4n) is 2.38. The molecule has 1 heterocycles. The highest BCUT2D eigenvalue weighted by molar-refractivity contribution is 8.13. The molecule has 0 unspecified atom stereocenters. The Balaban J connectivity index is 2.61. The first-order chi connectivity index (χ1) is 8.80. The van der Waals surface area contributed by atoms with E-state index in [9.17, 15) is 13.2 Å². The number of fused-ring (bicyclic) bond motifs is 1. The third kappa shape index (κ3) is 2.92. The third-order valence-electron chi connectivity index (χ3n) is 3.22. The zero-order valence-corrected chi connectivity index (χ0v) is 12.5. The van der Waals surface area contributed by atoms with Gasteiger partial charge in [-0.05, 0) is 44.4 Å². The number of aryl methyl sites for hydroxylation is 1. The van der Waals surface area contributed by atoms with Gasteiger partial charge in [-0.1, -0.05) is 6.07 Å². The maximum atomic E-state index is 12.1. The summed E-state index contributed by atoms with van der Waals surface area (Å²) in [7, 11) is 1.59. The molecule has 0 N–H and O–H groups in total. The van der Waals surface area contributed by atoms with E-state index in [1.807, 2.05) is 13.8 Å². The largest absolute Gasteiger partial charge is 0.310 e. The van der Waals surface area contributed by atoms with Gasteiger partial charge in [0, 0.05) is 28.8 Å². The minimum absolute atomic E-state index is 0.0161. The summed E-state index contributed by atoms with van der Waals surface area (Å²) in [6.07, 6.45) is 2.03. The smallest absolute Gasteiger partial charge is 0.261 e. The number of rotatable bonds is 2. The van der Waals surface area contributed by atoms with Crippen molar-refractivity contribution in [2.24, 2.45) is 0 Å². The third-order valence-corrected chi connectivity index (χ3v) is 4.57. The molecule has 0 atom stereocenters. The van der Waals surface area contributed by atoms with Gasteiger partial charge in [0.1, 0.15) is 0 Å². The van der Waals surface area contributed by atoms with Crippen molar-refractivity contribution in [1.29, 1.82) is 0 Å². The molecule has 1 amide bonds. The molecule has 0 radical (unpaired) electrons. The first kappa shape index (κ1) is 14.3. The molecule has 0 saturated heterocycles. The summed E-state index contributed by atoms with van der Waals surface area (Å²) in [6.45, 7) is 3.82. The van der Waals surface area contributed by atoms with Crippen LogP contribution in [0.4, 0.5) is 5.69 Å². The quantitative estimate of drug-likeness (QED) is 0.789. The zero-order chi connectivity index (χ0) is 14.2. The summed E-state index contributed by atoms with van der Waals surface area (Å²) in [5.74, 6) is 0.0258. The van der Waals surface area contributed by atoms with Crippen molar-refractivity contribution in [1.82, 2.24) is 0 Å². The van der Waals surface area contributed by atoms with Gasteiger partial charge in [-0.15, -0.1) is 0 Å². The molecule has 1 aromatic carbocycles. The van der Waals surface area contributed by atoms with E-state index >= 15 is 0 Å². The van der Waals surface area contributed by atoms with E-state index in [1.54, 1.807) is 11.0 Å². The highest BCUT2D eigenvalue weighted by Gasteiger charge is 2.26. The molecule has 1 aliphatic heterocycles. The number of halogens is 1. The minimum atomic E-state index is -3.78. The Morgan fingerprint density at radius 1 is 1.26 bits per heavy atom. The zero-order valence-electron chi connectivity index (χ0n) is 10.9. The molecule has 0 aliphatic carbocycles. The van der Waals surface area contributed by atoms with Gasteiger partial charge < -0.3 is 4.90 Å². The van der Waals surface area contributed by atoms with Crippen LogP contribution in [-0.2, 0) is 20.3 Å². The lowest BCUT2D eigenvalue weighted by molar-refractivity contribution is -0.118. The Bertz CT molecular complexity index is 610. The summed E-state index contributed by atoms with van der Waals surface area (Å²) in [6, 6.07) is 4.73. The van der Waals surface area contributed by atoms with Gasteiger partial charge in [0.15, 0.2) is 0 Å². The summed E-state index contributed by atoms with van der Waals surface area (Å²) in [5.41, 5.74) is 1.66. The Morgan fingerprint density at radius 3 is 2.53 bits per heavy atom. The summed E-state index contributed by atoms with van der Waals surface area (Å²) < 4.78 is 22.8. The monoisotopic (exact) mass is 301 g/mol. The predicted molar refractivity (Wildman–Crippen MR) is 75.0 cm³/mol. The average Bonchev–Trinajstić information content (AvgIpc) is 2.44. The van der Waals surface area contributed by atoms with E-state index in [4.69, 9.17) is 10.7 Å². The normalized spacial score (nSPS) is 16.4. The molecule has 0 aromatic heterocycles. The second-order valence-corrected chi connectivity index (χ2v) is 7.51. The van der Waals surface area contributed by atoms with Gasteiger partial charge in [0.25, 0.3) is 9.05 Å². The average molecular weight is 302 g/mol. The molecule has 1 aromatic rings. The Hall–Kier alpha value is -1.07. The Morgan fingerprint density at radius 2 is 1.95 bits per heavy atom. The fraction of sp³-hybridized carbons (Fsp3) is 0.462. The van der Waals surface area contributed by atoms with Crippen LogP contribution in [0, 0.1) is 0 Å². The van der Waals surface area contributed by atoms with Gasteiger partial charge in [-0.25, -0.2) is 8.42 Å². The predicted octanol–water partition coefficient (Wildman–Crippen LogP) is 2.69. The van der Waals surface area contributed by atoms with Gasteiger partial charge in [-0.3, -0.25) is 4.79 Å². The van der Waals surface area contributed by atoms with Gasteiger partial charge in [0.2, 0.25) is 5.91 Å². The number of carbonyl (C=O) groups is 1. The topological polar surface area (TPSA) is 54.5 Å². The lowest BCUT2D eigenvalue weighted by atomic mass is 10.1. The highest BCUT2D eigenvalue weighted by Crippen LogP contribution is 2.31. The molecule has 0 bridgehead atoms. The van der Waals surface area contributed by atoms with Gasteiger partial charge >= 0.3 is 0 Å². The van der Waals surface area contributed by atoms with Crippen LogP contribution in [-0.4, -0.2) is 20.4 Å². The summed E-state index contributed by atoms with van der Waals surface area (Å²) >= 11 is 0. The van der Waals surface area contributed by atoms with E-state index in [-0.39, 0.29) is 16.8 Å². The Kier molecular flexibility index (Phi) is 3.87. The van der Waals surface area contributed by atoms with Crippen molar-refractivity contribution in [3.05, 3.63) is 23.8 Å². The molecular formula is C13H16ClNO3S. The van der Waals surface area contributed by atoms with Crippen LogP contribution in [0.15, 0.2) is 23.1 Å². The first-order valence-corrected chi connectivity index (χ1v) is 8.51. The van der Waals surface area contributed by atoms with Crippen LogP contribution in [0.25, 0.3) is 0 Å². The van der Waals surface area contributed by atoms with E-state index < -0.39 is 9.05 Å². The summed E-state index contributed by atoms with van der Waals surface area (Å²) in [5, 5.41) is 0. The van der Waals surface area contributed by atoms with Crippen LogP contribution in [0.3, 0.4) is 0 Å². The number of carbonyl (C=O) groups excluding carboxylic acids is 1. The van der Waals surface area contributed by atoms with Crippen LogP contribution in [0.5, 0.6) is 0 Å². The first-order valence-electron chi connectivity index (χ1n) is 6.20. The maximum absolute atomic E-state index is 12.1. The van der Waals surface area contributed by atoms with Crippen molar-refractivity contribution in [2.75, 3.05) is 4.90 Å². The lowest BCUT2D eigenvalue weighted by Gasteiger charge is -2.27. The number of benzene rings is 1. The van der Waals surface area contributed by atoms with Gasteiger partial charge in [0.05, 0.1) is 4.90 Å². The van der Waals surface area contributed by atoms with Crippen molar-refractivity contribution in [2.45, 2.75) is 44.0 Å². The number of nitrogens with zero attached hydrogens (tertiary/aromatic N) is 1. The van der Waals surface area contributed by atoms with Crippen LogP contribution >= 0.6 is 10.7 Å². The molecule has 4 nitrogen and oxygen atoms in total. The van der Waals surface area contributed by atoms with Crippen LogP contribution < -0.4 is 4.90 Å². The number of hydrogen-bond donors (Lipinski definition) is 0. The molecule has 6 heteroatoms. The van der Waals surface area contributed by atoms with Crippen molar-refractivity contribution < 1.29 is 13.2 Å². The highest BCUT2D eigenvalue weighted by atomic mass is 35.7. The number of amides is 1. The van der Waals surface area contributed by atoms with Crippen molar-refractivity contribution in [3.63, 3.8) is 0 Å². The van der Waals surface area contributed by atoms with Crippen molar-refractivity contribution >= 4 is 31.3 Å². The molecule has 1 aliphatic rings. The SMILES string of the molecule is CC(C)N1C(=O)CCCc2ccc(S(=O)(=O)Cl)cc21. The molecule has 0 fully saturated rings. The van der Waals surface area contributed by atoms with Gasteiger partial charge in [-0.2, -0.15) is 0 Å². The minimum Gasteiger partial charge on any atom is -0.310 e. The number of anilines is 1. The lowest BCUT2D eigenvalue weighted by Crippen LogP contribution is -2.36. The molecule has 104 valence electrons. The Labute approximate surface area is 117 Å². The second kappa shape index (κ2) is 5.13. The molecule has 0 spiro atoms. The molecule has 2 rings (SSSR count). The van der Waals surface area contributed by atoms with E-state index in [1.165, 1.54) is 12.1 Å². The standard InChI is InChI=1S/C13H16ClNO3S/c1-9(2)15-12-8-11(19(14,17)18)7-6-10(12)4-3-5-13(15)16/h6-9H,3-5H2,1-2H3. The fourth-order valence-corrected chi connectivity index (χ4v) is 3.15.